The van der Waals surface area contributed by atoms with Crippen LogP contribution in [0, 0.1) is 17.8 Å². The first-order chi connectivity index (χ1) is 37.4. The Balaban J connectivity index is 0.585. The Morgan fingerprint density at radius 1 is 0.909 bits per heavy atom. The molecule has 0 saturated carbocycles. The SMILES string of the molecule is CC(NC(=O)C1CCN(CCNC(=O)C#Cc2ccc(Cc3nc(C(=O)N[C@H]4COc5ccccc5N(C)C4=O)n[nH]3)cc2)CC1)c1ccc2c(N)c(C(=O)N[C@H]3CCc4cc(N5C[C@H]6CC[C@@H](C5)N6)ccc4C3)sc2n1. The number of rotatable bonds is 13. The average molecular weight is 1060 g/mol. The molecule has 11 rings (SSSR count). The molecule has 6 aromatic rings. The molecule has 2 bridgehead atoms. The Labute approximate surface area is 450 Å². The van der Waals surface area contributed by atoms with E-state index in [1.54, 1.807) is 31.3 Å². The van der Waals surface area contributed by atoms with E-state index in [9.17, 15) is 24.0 Å². The van der Waals surface area contributed by atoms with Gasteiger partial charge in [0.1, 0.15) is 33.9 Å². The second-order valence-corrected chi connectivity index (χ2v) is 21.9. The third-order valence-electron chi connectivity index (χ3n) is 15.6. The molecular formula is C57H63N13O6S. The number of anilines is 3. The van der Waals surface area contributed by atoms with E-state index in [1.165, 1.54) is 45.9 Å². The molecule has 19 nitrogen and oxygen atoms in total. The van der Waals surface area contributed by atoms with Crippen molar-refractivity contribution in [2.75, 3.05) is 68.5 Å². The standard InChI is InChI=1S/C57H63N13O6S/c1-33(44-19-18-43-50(58)51(77-56(43)64-44)54(73)62-39-14-12-38-29-42(17-13-37(38)28-39)70-30-40-15-16-41(31-70)61-40)60-53(72)36-21-24-69(25-22-36)26-23-59-49(71)20-11-34-7-9-35(10-8-34)27-48-65-52(67-66-48)55(74)63-45-32-76-47-6-4-3-5-46(47)68(2)57(45)75/h3-10,13,17-19,29,33,36,39-41,45,61H,12,14-16,21-28,30-32,58H2,1-2H3,(H,59,71)(H,60,72)(H,62,73)(H,63,74)(H,65,66,67)/t33?,39-,40-,41+,45-/m0/s1. The Hall–Kier alpha value is -7.86. The summed E-state index contributed by atoms with van der Waals surface area (Å²) in [7, 11) is 1.63. The van der Waals surface area contributed by atoms with Gasteiger partial charge in [-0.3, -0.25) is 29.1 Å². The highest BCUT2D eigenvalue weighted by Crippen LogP contribution is 2.35. The number of nitrogens with zero attached hydrogens (tertiary/aromatic N) is 6. The van der Waals surface area contributed by atoms with E-state index in [-0.39, 0.29) is 54.1 Å². The van der Waals surface area contributed by atoms with Crippen LogP contribution < -0.4 is 46.9 Å². The van der Waals surface area contributed by atoms with Crippen molar-refractivity contribution in [2.24, 2.45) is 5.92 Å². The van der Waals surface area contributed by atoms with Gasteiger partial charge in [-0.05, 0) is 130 Å². The maximum atomic E-state index is 13.7. The lowest BCUT2D eigenvalue weighted by Gasteiger charge is -2.35. The smallest absolute Gasteiger partial charge is 0.296 e. The Bertz CT molecular complexity index is 3270. The molecule has 1 unspecified atom stereocenters. The van der Waals surface area contributed by atoms with Gasteiger partial charge in [-0.25, -0.2) is 9.97 Å². The first kappa shape index (κ1) is 51.3. The van der Waals surface area contributed by atoms with E-state index in [4.69, 9.17) is 15.5 Å². The number of likely N-dealkylation sites (tertiary alicyclic amines) is 1. The quantitative estimate of drug-likeness (QED) is 0.0810. The monoisotopic (exact) mass is 1060 g/mol. The van der Waals surface area contributed by atoms with Crippen LogP contribution in [-0.4, -0.2) is 132 Å². The number of nitrogen functional groups attached to an aromatic ring is 1. The van der Waals surface area contributed by atoms with Gasteiger partial charge >= 0.3 is 0 Å². The van der Waals surface area contributed by atoms with Gasteiger partial charge in [-0.1, -0.05) is 36.3 Å². The molecule has 0 spiro atoms. The third kappa shape index (κ3) is 11.6. The van der Waals surface area contributed by atoms with Crippen molar-refractivity contribution in [3.63, 3.8) is 0 Å². The second kappa shape index (κ2) is 22.4. The Morgan fingerprint density at radius 2 is 1.70 bits per heavy atom. The van der Waals surface area contributed by atoms with E-state index in [0.717, 1.165) is 56.4 Å². The van der Waals surface area contributed by atoms with E-state index in [2.05, 4.69) is 81.6 Å². The normalized spacial score (nSPS) is 20.7. The number of piperazine rings is 1. The molecule has 8 N–H and O–H groups in total. The lowest BCUT2D eigenvalue weighted by molar-refractivity contribution is -0.127. The van der Waals surface area contributed by atoms with Gasteiger partial charge in [0.2, 0.25) is 11.7 Å². The van der Waals surface area contributed by atoms with Gasteiger partial charge in [0, 0.05) is 86.2 Å². The first-order valence-electron chi connectivity index (χ1n) is 26.6. The molecule has 0 radical (unpaired) electrons. The number of ether oxygens (including phenoxy) is 1. The molecule has 5 amide bonds. The molecule has 398 valence electrons. The summed E-state index contributed by atoms with van der Waals surface area (Å²) in [6, 6.07) is 25.1. The number of carbonyl (C=O) groups is 5. The zero-order valence-electron chi connectivity index (χ0n) is 43.2. The maximum absolute atomic E-state index is 13.7. The molecule has 77 heavy (non-hydrogen) atoms. The van der Waals surface area contributed by atoms with Crippen LogP contribution in [0.25, 0.3) is 10.2 Å². The molecule has 5 aliphatic rings. The number of piperidine rings is 1. The first-order valence-corrected chi connectivity index (χ1v) is 27.4. The summed E-state index contributed by atoms with van der Waals surface area (Å²) in [4.78, 5) is 82.4. The highest BCUT2D eigenvalue weighted by Gasteiger charge is 2.34. The minimum absolute atomic E-state index is 0.0179. The molecule has 3 aromatic heterocycles. The third-order valence-corrected chi connectivity index (χ3v) is 16.7. The van der Waals surface area contributed by atoms with Gasteiger partial charge in [0.05, 0.1) is 23.1 Å². The number of thiophene rings is 1. The molecule has 3 aromatic carbocycles. The molecule has 5 atom stereocenters. The van der Waals surface area contributed by atoms with E-state index in [1.807, 2.05) is 43.3 Å². The van der Waals surface area contributed by atoms with Gasteiger partial charge < -0.3 is 51.8 Å². The number of likely N-dealkylation sites (N-methyl/N-ethyl adjacent to an activating group) is 1. The van der Waals surface area contributed by atoms with Gasteiger partial charge in [-0.2, -0.15) is 0 Å². The number of carbonyl (C=O) groups excluding carboxylic acids is 5. The maximum Gasteiger partial charge on any atom is 0.296 e. The molecule has 3 fully saturated rings. The molecule has 7 heterocycles. The van der Waals surface area contributed by atoms with Crippen molar-refractivity contribution in [1.29, 1.82) is 0 Å². The van der Waals surface area contributed by atoms with Gasteiger partial charge in [0.15, 0.2) is 0 Å². The number of amides is 5. The summed E-state index contributed by atoms with van der Waals surface area (Å²) in [5, 5.41) is 23.3. The zero-order valence-corrected chi connectivity index (χ0v) is 44.0. The topological polar surface area (TPSA) is 245 Å². The van der Waals surface area contributed by atoms with Crippen LogP contribution >= 0.6 is 11.3 Å². The van der Waals surface area contributed by atoms with E-state index < -0.39 is 11.9 Å². The van der Waals surface area contributed by atoms with Crippen LogP contribution in [0.2, 0.25) is 0 Å². The number of hydrogen-bond acceptors (Lipinski definition) is 14. The lowest BCUT2D eigenvalue weighted by Crippen LogP contribution is -2.51. The summed E-state index contributed by atoms with van der Waals surface area (Å²) in [5.74, 6) is 4.85. The van der Waals surface area contributed by atoms with Crippen LogP contribution in [0.4, 0.5) is 17.1 Å². The molecule has 3 saturated heterocycles. The predicted molar refractivity (Wildman–Crippen MR) is 294 cm³/mol. The number of aryl methyl sites for hydroxylation is 1. The molecular weight excluding hydrogens is 995 g/mol. The Kier molecular flexibility index (Phi) is 14.9. The summed E-state index contributed by atoms with van der Waals surface area (Å²) in [6.07, 6.45) is 6.84. The number of aromatic amines is 1. The number of hydrogen-bond donors (Lipinski definition) is 7. The number of pyridine rings is 1. The highest BCUT2D eigenvalue weighted by atomic mass is 32.1. The van der Waals surface area contributed by atoms with Crippen LogP contribution in [0.3, 0.4) is 0 Å². The Morgan fingerprint density at radius 3 is 2.51 bits per heavy atom. The molecule has 4 aliphatic heterocycles. The van der Waals surface area contributed by atoms with Crippen molar-refractivity contribution in [1.82, 2.24) is 51.6 Å². The summed E-state index contributed by atoms with van der Waals surface area (Å²) in [5.41, 5.74) is 13.8. The van der Waals surface area contributed by atoms with E-state index in [0.29, 0.717) is 88.3 Å². The summed E-state index contributed by atoms with van der Waals surface area (Å²) >= 11 is 1.29. The molecule has 1 aliphatic carbocycles. The van der Waals surface area contributed by atoms with Crippen LogP contribution in [-0.2, 0) is 33.6 Å². The average Bonchev–Trinajstić information content (AvgIpc) is 4.17. The second-order valence-electron chi connectivity index (χ2n) is 20.9. The lowest BCUT2D eigenvalue weighted by atomic mass is 9.87. The number of benzene rings is 3. The number of fused-ring (bicyclic) bond motifs is 5. The van der Waals surface area contributed by atoms with Crippen molar-refractivity contribution >= 4 is 68.2 Å². The number of H-pyrrole nitrogens is 1. The highest BCUT2D eigenvalue weighted by molar-refractivity contribution is 7.21. The fraction of sp³-hybridized carbons (Fsp3) is 0.404. The summed E-state index contributed by atoms with van der Waals surface area (Å²) in [6.45, 7) is 6.53. The van der Waals surface area contributed by atoms with Gasteiger partial charge in [0.25, 0.3) is 23.6 Å². The van der Waals surface area contributed by atoms with Crippen molar-refractivity contribution in [3.05, 3.63) is 123 Å². The molecule has 20 heteroatoms. The van der Waals surface area contributed by atoms with Crippen molar-refractivity contribution < 1.29 is 28.7 Å². The predicted octanol–water partition coefficient (Wildman–Crippen LogP) is 4.03. The fourth-order valence-corrected chi connectivity index (χ4v) is 12.2. The van der Waals surface area contributed by atoms with E-state index >= 15 is 0 Å². The fourth-order valence-electron chi connectivity index (χ4n) is 11.2. The number of para-hydroxylation sites is 2. The number of aromatic nitrogens is 4. The largest absolute Gasteiger partial charge is 0.489 e. The number of nitrogens with one attached hydrogen (secondary N) is 6. The van der Waals surface area contributed by atoms with Crippen LogP contribution in [0.1, 0.15) is 99.1 Å². The minimum atomic E-state index is -0.919. The minimum Gasteiger partial charge on any atom is -0.489 e. The van der Waals surface area contributed by atoms with Crippen molar-refractivity contribution in [3.8, 4) is 17.6 Å². The van der Waals surface area contributed by atoms with Crippen LogP contribution in [0.5, 0.6) is 5.75 Å². The van der Waals surface area contributed by atoms with Gasteiger partial charge in [-0.15, -0.1) is 16.4 Å². The zero-order chi connectivity index (χ0) is 53.2. The number of nitrogens with two attached hydrogens (primary N) is 1. The van der Waals surface area contributed by atoms with Crippen LogP contribution in [0.15, 0.2) is 78.9 Å². The summed E-state index contributed by atoms with van der Waals surface area (Å²) < 4.78 is 5.79. The van der Waals surface area contributed by atoms with Crippen molar-refractivity contribution in [2.45, 2.75) is 88.5 Å².